The summed E-state index contributed by atoms with van der Waals surface area (Å²) < 4.78 is 6.17. The highest BCUT2D eigenvalue weighted by Crippen LogP contribution is 2.43. The van der Waals surface area contributed by atoms with E-state index < -0.39 is 23.5 Å². The molecular weight excluding hydrogens is 400 g/mol. The number of benzene rings is 3. The minimum Gasteiger partial charge on any atom is -0.443 e. The number of nitrogens with two attached hydrogens (primary N) is 2. The summed E-state index contributed by atoms with van der Waals surface area (Å²) in [6, 6.07) is 24.9. The van der Waals surface area contributed by atoms with Crippen molar-refractivity contribution in [2.45, 2.75) is 24.5 Å². The van der Waals surface area contributed by atoms with Crippen molar-refractivity contribution < 1.29 is 14.3 Å². The van der Waals surface area contributed by atoms with Crippen LogP contribution in [0, 0.1) is 0 Å². The van der Waals surface area contributed by atoms with E-state index in [1.165, 1.54) is 0 Å². The zero-order valence-electron chi connectivity index (χ0n) is 16.3. The summed E-state index contributed by atoms with van der Waals surface area (Å²) in [5, 5.41) is 0.448. The summed E-state index contributed by atoms with van der Waals surface area (Å²) >= 11 is 6.59. The minimum atomic E-state index is -1.32. The van der Waals surface area contributed by atoms with Crippen LogP contribution in [-0.2, 0) is 19.9 Å². The highest BCUT2D eigenvalue weighted by molar-refractivity contribution is 6.31. The molecule has 0 aliphatic rings. The predicted molar refractivity (Wildman–Crippen MR) is 117 cm³/mol. The Labute approximate surface area is 180 Å². The van der Waals surface area contributed by atoms with Crippen LogP contribution in [-0.4, -0.2) is 17.9 Å². The molecule has 6 heteroatoms. The Morgan fingerprint density at radius 2 is 1.37 bits per heavy atom. The van der Waals surface area contributed by atoms with E-state index >= 15 is 0 Å². The van der Waals surface area contributed by atoms with Gasteiger partial charge in [-0.2, -0.15) is 0 Å². The van der Waals surface area contributed by atoms with E-state index in [1.807, 2.05) is 78.9 Å². The van der Waals surface area contributed by atoms with Gasteiger partial charge in [-0.3, -0.25) is 9.59 Å². The fourth-order valence-corrected chi connectivity index (χ4v) is 3.65. The van der Waals surface area contributed by atoms with Crippen LogP contribution in [0.5, 0.6) is 0 Å². The maximum Gasteiger partial charge on any atom is 0.324 e. The van der Waals surface area contributed by atoms with Gasteiger partial charge in [0.2, 0.25) is 5.91 Å². The van der Waals surface area contributed by atoms with E-state index in [2.05, 4.69) is 0 Å². The van der Waals surface area contributed by atoms with Crippen LogP contribution in [0.1, 0.15) is 29.5 Å². The van der Waals surface area contributed by atoms with E-state index in [0.29, 0.717) is 10.6 Å². The van der Waals surface area contributed by atoms with Crippen LogP contribution in [0.2, 0.25) is 5.02 Å². The average Bonchev–Trinajstić information content (AvgIpc) is 2.77. The number of carbonyl (C=O) groups excluding carboxylic acids is 2. The Kier molecular flexibility index (Phi) is 6.87. The van der Waals surface area contributed by atoms with Crippen molar-refractivity contribution >= 4 is 23.5 Å². The number of ether oxygens (including phenoxy) is 1. The number of rotatable bonds is 8. The summed E-state index contributed by atoms with van der Waals surface area (Å²) in [4.78, 5) is 24.2. The van der Waals surface area contributed by atoms with Gasteiger partial charge in [0.05, 0.1) is 0 Å². The Morgan fingerprint density at radius 3 is 1.87 bits per heavy atom. The molecule has 3 aromatic carbocycles. The van der Waals surface area contributed by atoms with Crippen molar-refractivity contribution in [2.24, 2.45) is 11.5 Å². The van der Waals surface area contributed by atoms with Gasteiger partial charge in [0.25, 0.3) is 0 Å². The second kappa shape index (κ2) is 9.57. The van der Waals surface area contributed by atoms with Crippen LogP contribution in [0.4, 0.5) is 0 Å². The van der Waals surface area contributed by atoms with Crippen molar-refractivity contribution in [3.05, 3.63) is 107 Å². The monoisotopic (exact) mass is 422 g/mol. The second-order valence-corrected chi connectivity index (χ2v) is 7.33. The van der Waals surface area contributed by atoms with Crippen molar-refractivity contribution in [1.29, 1.82) is 0 Å². The average molecular weight is 423 g/mol. The Bertz CT molecular complexity index is 970. The maximum absolute atomic E-state index is 13.1. The molecule has 0 aliphatic heterocycles. The lowest BCUT2D eigenvalue weighted by Crippen LogP contribution is -2.42. The molecule has 4 N–H and O–H groups in total. The normalized spacial score (nSPS) is 12.2. The third-order valence-electron chi connectivity index (χ3n) is 4.87. The van der Waals surface area contributed by atoms with Crippen molar-refractivity contribution in [3.63, 3.8) is 0 Å². The summed E-state index contributed by atoms with van der Waals surface area (Å²) in [6.45, 7) is 0. The highest BCUT2D eigenvalue weighted by atomic mass is 35.5. The first-order chi connectivity index (χ1) is 14.4. The fourth-order valence-electron chi connectivity index (χ4n) is 3.39. The molecule has 154 valence electrons. The third-order valence-corrected chi connectivity index (χ3v) is 5.20. The van der Waals surface area contributed by atoms with Gasteiger partial charge in [-0.25, -0.2) is 0 Å². The summed E-state index contributed by atoms with van der Waals surface area (Å²) in [5.74, 6) is -1.18. The first-order valence-corrected chi connectivity index (χ1v) is 9.95. The first kappa shape index (κ1) is 21.6. The first-order valence-electron chi connectivity index (χ1n) is 9.58. The topological polar surface area (TPSA) is 95.4 Å². The van der Waals surface area contributed by atoms with Crippen molar-refractivity contribution in [3.8, 4) is 0 Å². The summed E-state index contributed by atoms with van der Waals surface area (Å²) in [7, 11) is 0. The van der Waals surface area contributed by atoms with Crippen LogP contribution < -0.4 is 11.5 Å². The van der Waals surface area contributed by atoms with Crippen molar-refractivity contribution in [2.75, 3.05) is 0 Å². The van der Waals surface area contributed by atoms with Gasteiger partial charge < -0.3 is 16.2 Å². The number of hydrogen-bond donors (Lipinski definition) is 2. The molecule has 30 heavy (non-hydrogen) atoms. The molecule has 0 radical (unpaired) electrons. The summed E-state index contributed by atoms with van der Waals surface area (Å²) in [5.41, 5.74) is 12.0. The lowest BCUT2D eigenvalue weighted by atomic mass is 9.80. The zero-order valence-corrected chi connectivity index (χ0v) is 17.1. The molecule has 1 amide bonds. The lowest BCUT2D eigenvalue weighted by molar-refractivity contribution is -0.155. The molecule has 3 rings (SSSR count). The molecule has 3 aromatic rings. The molecule has 0 aliphatic carbocycles. The van der Waals surface area contributed by atoms with Crippen LogP contribution in [0.15, 0.2) is 84.9 Å². The van der Waals surface area contributed by atoms with Gasteiger partial charge in [0.1, 0.15) is 6.04 Å². The highest BCUT2D eigenvalue weighted by Gasteiger charge is 2.42. The molecule has 0 spiro atoms. The quantitative estimate of drug-likeness (QED) is 0.426. The van der Waals surface area contributed by atoms with Gasteiger partial charge in [-0.15, -0.1) is 0 Å². The predicted octanol–water partition coefficient (Wildman–Crippen LogP) is 3.77. The van der Waals surface area contributed by atoms with Crippen LogP contribution in [0.3, 0.4) is 0 Å². The smallest absolute Gasteiger partial charge is 0.324 e. The fraction of sp³-hybridized carbons (Fsp3) is 0.167. The van der Waals surface area contributed by atoms with E-state index in [-0.39, 0.29) is 12.8 Å². The molecule has 0 saturated heterocycles. The van der Waals surface area contributed by atoms with E-state index in [4.69, 9.17) is 27.8 Å². The molecule has 0 fully saturated rings. The molecular formula is C24H23ClN2O3. The molecule has 0 aromatic heterocycles. The third kappa shape index (κ3) is 4.53. The van der Waals surface area contributed by atoms with Crippen molar-refractivity contribution in [1.82, 2.24) is 0 Å². The Hall–Kier alpha value is -3.15. The Balaban J connectivity index is 2.18. The lowest BCUT2D eigenvalue weighted by Gasteiger charge is -2.36. The van der Waals surface area contributed by atoms with E-state index in [0.717, 1.165) is 11.1 Å². The number of amides is 1. The maximum atomic E-state index is 13.1. The van der Waals surface area contributed by atoms with Gasteiger partial charge in [0, 0.05) is 28.1 Å². The standard InChI is InChI=1S/C24H23ClN2O3/c25-20-14-8-7-13-19(20)24(17-9-3-1-4-10-17,18-11-5-2-6-12-18)30-23(29)21(26)15-16-22(27)28/h1-14,21H,15-16,26H2,(H2,27,28)/t21-/m0/s1. The van der Waals surface area contributed by atoms with Crippen LogP contribution >= 0.6 is 11.6 Å². The van der Waals surface area contributed by atoms with E-state index in [9.17, 15) is 9.59 Å². The molecule has 0 heterocycles. The second-order valence-electron chi connectivity index (χ2n) is 6.93. The van der Waals surface area contributed by atoms with Gasteiger partial charge >= 0.3 is 5.97 Å². The minimum absolute atomic E-state index is 0.00790. The van der Waals surface area contributed by atoms with Gasteiger partial charge in [0.15, 0.2) is 5.60 Å². The van der Waals surface area contributed by atoms with Gasteiger partial charge in [-0.05, 0) is 12.5 Å². The SMILES string of the molecule is NC(=O)CC[C@H](N)C(=O)OC(c1ccccc1)(c1ccccc1)c1ccccc1Cl. The molecule has 1 atom stereocenters. The number of primary amides is 1. The number of carbonyl (C=O) groups is 2. The number of esters is 1. The molecule has 0 bridgehead atoms. The molecule has 0 saturated carbocycles. The Morgan fingerprint density at radius 1 is 0.867 bits per heavy atom. The van der Waals surface area contributed by atoms with Crippen LogP contribution in [0.25, 0.3) is 0 Å². The zero-order chi connectivity index (χ0) is 21.6. The van der Waals surface area contributed by atoms with E-state index in [1.54, 1.807) is 6.07 Å². The van der Waals surface area contributed by atoms with Gasteiger partial charge in [-0.1, -0.05) is 90.5 Å². The number of halogens is 1. The number of hydrogen-bond acceptors (Lipinski definition) is 4. The molecule has 0 unspecified atom stereocenters. The summed E-state index contributed by atoms with van der Waals surface area (Å²) in [6.07, 6.45) is 0.0857. The molecule has 5 nitrogen and oxygen atoms in total. The largest absolute Gasteiger partial charge is 0.443 e.